The highest BCUT2D eigenvalue weighted by Crippen LogP contribution is 2.17. The van der Waals surface area contributed by atoms with E-state index in [1.807, 2.05) is 0 Å². The van der Waals surface area contributed by atoms with Crippen LogP contribution in [-0.2, 0) is 14.8 Å². The van der Waals surface area contributed by atoms with Crippen molar-refractivity contribution < 1.29 is 18.0 Å². The molecule has 138 valence electrons. The second-order valence-electron chi connectivity index (χ2n) is 5.55. The second kappa shape index (κ2) is 8.31. The molecule has 0 saturated carbocycles. The maximum atomic E-state index is 12.1. The van der Waals surface area contributed by atoms with Crippen LogP contribution in [0, 0.1) is 0 Å². The van der Waals surface area contributed by atoms with Gasteiger partial charge in [-0.15, -0.1) is 0 Å². The molecule has 0 heterocycles. The monoisotopic (exact) mass is 395 g/mol. The van der Waals surface area contributed by atoms with Crippen molar-refractivity contribution >= 4 is 39.1 Å². The van der Waals surface area contributed by atoms with Gasteiger partial charge in [0.15, 0.2) is 0 Å². The average molecular weight is 396 g/mol. The SMILES string of the molecule is CN(C)S(=O)(=O)c1cccc(NC(=O)CNC(=O)c2ccc(Cl)cc2)c1. The molecule has 0 aliphatic heterocycles. The van der Waals surface area contributed by atoms with Crippen LogP contribution in [0.3, 0.4) is 0 Å². The third-order valence-corrected chi connectivity index (χ3v) is 5.48. The summed E-state index contributed by atoms with van der Waals surface area (Å²) in [6, 6.07) is 12.1. The van der Waals surface area contributed by atoms with E-state index in [1.165, 1.54) is 32.3 Å². The van der Waals surface area contributed by atoms with Crippen molar-refractivity contribution in [2.45, 2.75) is 4.90 Å². The summed E-state index contributed by atoms with van der Waals surface area (Å²) in [5, 5.41) is 5.54. The molecule has 0 bridgehead atoms. The summed E-state index contributed by atoms with van der Waals surface area (Å²) in [4.78, 5) is 24.0. The number of carbonyl (C=O) groups excluding carboxylic acids is 2. The zero-order valence-corrected chi connectivity index (χ0v) is 15.8. The molecule has 0 spiro atoms. The van der Waals surface area contributed by atoms with E-state index in [9.17, 15) is 18.0 Å². The van der Waals surface area contributed by atoms with Crippen LogP contribution in [0.25, 0.3) is 0 Å². The molecule has 2 aromatic rings. The largest absolute Gasteiger partial charge is 0.343 e. The normalized spacial score (nSPS) is 11.2. The van der Waals surface area contributed by atoms with Crippen LogP contribution in [0.1, 0.15) is 10.4 Å². The first-order valence-electron chi connectivity index (χ1n) is 7.56. The molecular formula is C17H18ClN3O4S. The molecular weight excluding hydrogens is 378 g/mol. The molecule has 2 rings (SSSR count). The molecule has 7 nitrogen and oxygen atoms in total. The van der Waals surface area contributed by atoms with Crippen LogP contribution < -0.4 is 10.6 Å². The molecule has 0 atom stereocenters. The molecule has 2 amide bonds. The number of nitrogens with one attached hydrogen (secondary N) is 2. The van der Waals surface area contributed by atoms with Crippen molar-refractivity contribution in [1.82, 2.24) is 9.62 Å². The number of sulfonamides is 1. The van der Waals surface area contributed by atoms with Crippen molar-refractivity contribution in [2.24, 2.45) is 0 Å². The number of rotatable bonds is 6. The lowest BCUT2D eigenvalue weighted by atomic mass is 10.2. The van der Waals surface area contributed by atoms with E-state index in [-0.39, 0.29) is 11.4 Å². The van der Waals surface area contributed by atoms with Crippen molar-refractivity contribution in [3.63, 3.8) is 0 Å². The predicted molar refractivity (Wildman–Crippen MR) is 99.7 cm³/mol. The van der Waals surface area contributed by atoms with E-state index in [4.69, 9.17) is 11.6 Å². The van der Waals surface area contributed by atoms with E-state index < -0.39 is 21.8 Å². The third kappa shape index (κ3) is 5.04. The van der Waals surface area contributed by atoms with Gasteiger partial charge in [0.25, 0.3) is 5.91 Å². The van der Waals surface area contributed by atoms with Crippen LogP contribution in [-0.4, -0.2) is 45.2 Å². The van der Waals surface area contributed by atoms with Crippen LogP contribution in [0.15, 0.2) is 53.4 Å². The molecule has 9 heteroatoms. The zero-order chi connectivity index (χ0) is 19.3. The summed E-state index contributed by atoms with van der Waals surface area (Å²) in [7, 11) is -0.752. The standard InChI is InChI=1S/C17H18ClN3O4S/c1-21(2)26(24,25)15-5-3-4-14(10-15)20-16(22)11-19-17(23)12-6-8-13(18)9-7-12/h3-10H,11H2,1-2H3,(H,19,23)(H,20,22). The first-order chi connectivity index (χ1) is 12.2. The average Bonchev–Trinajstić information content (AvgIpc) is 2.60. The first-order valence-corrected chi connectivity index (χ1v) is 9.38. The quantitative estimate of drug-likeness (QED) is 0.781. The number of hydrogen-bond acceptors (Lipinski definition) is 4. The van der Waals surface area contributed by atoms with Crippen molar-refractivity contribution in [2.75, 3.05) is 26.0 Å². The Balaban J connectivity index is 1.98. The highest BCUT2D eigenvalue weighted by molar-refractivity contribution is 7.89. The van der Waals surface area contributed by atoms with E-state index >= 15 is 0 Å². The smallest absolute Gasteiger partial charge is 0.251 e. The Morgan fingerprint density at radius 2 is 1.73 bits per heavy atom. The van der Waals surface area contributed by atoms with Gasteiger partial charge in [-0.3, -0.25) is 9.59 Å². The topological polar surface area (TPSA) is 95.6 Å². The summed E-state index contributed by atoms with van der Waals surface area (Å²) in [5.41, 5.74) is 0.694. The van der Waals surface area contributed by atoms with Gasteiger partial charge in [0, 0.05) is 30.4 Å². The Labute approximate surface area is 157 Å². The number of nitrogens with zero attached hydrogens (tertiary/aromatic N) is 1. The van der Waals surface area contributed by atoms with Crippen LogP contribution in [0.2, 0.25) is 5.02 Å². The highest BCUT2D eigenvalue weighted by Gasteiger charge is 2.17. The maximum absolute atomic E-state index is 12.1. The van der Waals surface area contributed by atoms with E-state index in [1.54, 1.807) is 30.3 Å². The fourth-order valence-corrected chi connectivity index (χ4v) is 3.09. The molecule has 2 aromatic carbocycles. The lowest BCUT2D eigenvalue weighted by Gasteiger charge is -2.13. The number of amides is 2. The summed E-state index contributed by atoms with van der Waals surface area (Å²) in [6.45, 7) is -0.258. The van der Waals surface area contributed by atoms with Gasteiger partial charge < -0.3 is 10.6 Å². The summed E-state index contributed by atoms with van der Waals surface area (Å²) in [5.74, 6) is -0.896. The molecule has 0 aliphatic rings. The van der Waals surface area contributed by atoms with Gasteiger partial charge in [-0.25, -0.2) is 12.7 Å². The van der Waals surface area contributed by atoms with Gasteiger partial charge in [0.1, 0.15) is 0 Å². The Morgan fingerprint density at radius 1 is 1.08 bits per heavy atom. The number of carbonyl (C=O) groups is 2. The summed E-state index contributed by atoms with van der Waals surface area (Å²) < 4.78 is 25.3. The molecule has 2 N–H and O–H groups in total. The van der Waals surface area contributed by atoms with E-state index in [0.29, 0.717) is 16.3 Å². The number of benzene rings is 2. The minimum Gasteiger partial charge on any atom is -0.343 e. The number of halogens is 1. The maximum Gasteiger partial charge on any atom is 0.251 e. The number of anilines is 1. The molecule has 0 aromatic heterocycles. The second-order valence-corrected chi connectivity index (χ2v) is 8.14. The Kier molecular flexibility index (Phi) is 6.36. The molecule has 26 heavy (non-hydrogen) atoms. The lowest BCUT2D eigenvalue weighted by molar-refractivity contribution is -0.115. The lowest BCUT2D eigenvalue weighted by Crippen LogP contribution is -2.32. The summed E-state index contributed by atoms with van der Waals surface area (Å²) >= 11 is 5.76. The third-order valence-electron chi connectivity index (χ3n) is 3.41. The van der Waals surface area contributed by atoms with Crippen molar-refractivity contribution in [3.8, 4) is 0 Å². The predicted octanol–water partition coefficient (Wildman–Crippen LogP) is 1.96. The number of hydrogen-bond donors (Lipinski definition) is 2. The molecule has 0 radical (unpaired) electrons. The molecule has 0 fully saturated rings. The minimum absolute atomic E-state index is 0.0606. The van der Waals surface area contributed by atoms with Crippen LogP contribution >= 0.6 is 11.6 Å². The van der Waals surface area contributed by atoms with Crippen LogP contribution in [0.4, 0.5) is 5.69 Å². The fraction of sp³-hybridized carbons (Fsp3) is 0.176. The zero-order valence-electron chi connectivity index (χ0n) is 14.2. The highest BCUT2D eigenvalue weighted by atomic mass is 35.5. The Morgan fingerprint density at radius 3 is 2.35 bits per heavy atom. The Hall–Kier alpha value is -2.42. The van der Waals surface area contributed by atoms with E-state index in [0.717, 1.165) is 4.31 Å². The molecule has 0 aliphatic carbocycles. The summed E-state index contributed by atoms with van der Waals surface area (Å²) in [6.07, 6.45) is 0. The van der Waals surface area contributed by atoms with E-state index in [2.05, 4.69) is 10.6 Å². The van der Waals surface area contributed by atoms with Gasteiger partial charge >= 0.3 is 0 Å². The van der Waals surface area contributed by atoms with Gasteiger partial charge in [-0.2, -0.15) is 0 Å². The first kappa shape index (κ1) is 19.9. The van der Waals surface area contributed by atoms with Gasteiger partial charge in [0.05, 0.1) is 11.4 Å². The Bertz CT molecular complexity index is 912. The molecule has 0 unspecified atom stereocenters. The van der Waals surface area contributed by atoms with Crippen molar-refractivity contribution in [3.05, 3.63) is 59.1 Å². The fourth-order valence-electron chi connectivity index (χ4n) is 2.01. The van der Waals surface area contributed by atoms with Gasteiger partial charge in [-0.1, -0.05) is 17.7 Å². The van der Waals surface area contributed by atoms with Gasteiger partial charge in [-0.05, 0) is 42.5 Å². The van der Waals surface area contributed by atoms with Crippen molar-refractivity contribution in [1.29, 1.82) is 0 Å². The van der Waals surface area contributed by atoms with Crippen LogP contribution in [0.5, 0.6) is 0 Å². The van der Waals surface area contributed by atoms with Gasteiger partial charge in [0.2, 0.25) is 15.9 Å². The minimum atomic E-state index is -3.60. The molecule has 0 saturated heterocycles.